The molecule has 1 amide bonds. The highest BCUT2D eigenvalue weighted by Gasteiger charge is 2.22. The minimum absolute atomic E-state index is 0.136. The number of primary amides is 1. The summed E-state index contributed by atoms with van der Waals surface area (Å²) < 4.78 is 7.84. The van der Waals surface area contributed by atoms with Gasteiger partial charge in [0, 0.05) is 30.6 Å². The monoisotopic (exact) mass is 445 g/mol. The number of aryl methyl sites for hydroxylation is 2. The zero-order chi connectivity index (χ0) is 21.1. The molecular weight excluding hydrogens is 422 g/mol. The maximum absolute atomic E-state index is 11.2. The molecule has 2 N–H and O–H groups in total. The van der Waals surface area contributed by atoms with Crippen LogP contribution >= 0.6 is 23.4 Å². The molecule has 1 saturated heterocycles. The van der Waals surface area contributed by atoms with Crippen LogP contribution in [0.2, 0.25) is 5.02 Å². The van der Waals surface area contributed by atoms with E-state index in [2.05, 4.69) is 10.2 Å². The van der Waals surface area contributed by atoms with Crippen molar-refractivity contribution in [3.63, 3.8) is 0 Å². The van der Waals surface area contributed by atoms with Gasteiger partial charge in [-0.25, -0.2) is 0 Å². The number of pyridine rings is 1. The second-order valence-electron chi connectivity index (χ2n) is 7.41. The van der Waals surface area contributed by atoms with Gasteiger partial charge < -0.3 is 15.0 Å². The Morgan fingerprint density at radius 1 is 1.37 bits per heavy atom. The van der Waals surface area contributed by atoms with Crippen molar-refractivity contribution in [2.75, 3.05) is 6.61 Å². The lowest BCUT2D eigenvalue weighted by molar-refractivity contribution is -0.118. The third-order valence-electron chi connectivity index (χ3n) is 5.28. The number of fused-ring (bicyclic) bond motifs is 1. The van der Waals surface area contributed by atoms with E-state index in [1.54, 1.807) is 11.8 Å². The molecule has 1 fully saturated rings. The van der Waals surface area contributed by atoms with Crippen molar-refractivity contribution in [1.82, 2.24) is 19.7 Å². The van der Waals surface area contributed by atoms with Crippen LogP contribution in [0, 0.1) is 6.92 Å². The molecule has 1 aliphatic rings. The molecule has 9 heteroatoms. The summed E-state index contributed by atoms with van der Waals surface area (Å²) in [4.78, 5) is 16.0. The molecule has 0 bridgehead atoms. The number of rotatable bonds is 8. The van der Waals surface area contributed by atoms with E-state index in [4.69, 9.17) is 27.1 Å². The number of para-hydroxylation sites is 1. The number of nitrogens with zero attached hydrogens (tertiary/aromatic N) is 4. The molecule has 0 spiro atoms. The Morgan fingerprint density at radius 3 is 2.97 bits per heavy atom. The number of ether oxygens (including phenoxy) is 1. The average molecular weight is 446 g/mol. The molecule has 4 rings (SSSR count). The van der Waals surface area contributed by atoms with Crippen molar-refractivity contribution >= 4 is 40.2 Å². The van der Waals surface area contributed by atoms with Crippen LogP contribution < -0.4 is 5.73 Å². The Labute approximate surface area is 184 Å². The fourth-order valence-electron chi connectivity index (χ4n) is 3.67. The summed E-state index contributed by atoms with van der Waals surface area (Å²) in [5.74, 6) is 0.975. The molecule has 1 atom stereocenters. The lowest BCUT2D eigenvalue weighted by Gasteiger charge is -2.15. The summed E-state index contributed by atoms with van der Waals surface area (Å²) in [6.07, 6.45) is 2.91. The number of thioether (sulfide) groups is 1. The number of hydrogen-bond acceptors (Lipinski definition) is 6. The van der Waals surface area contributed by atoms with Gasteiger partial charge >= 0.3 is 0 Å². The van der Waals surface area contributed by atoms with E-state index in [1.165, 1.54) is 0 Å². The number of halogens is 1. The number of amides is 1. The lowest BCUT2D eigenvalue weighted by Crippen LogP contribution is -2.19. The number of nitrogens with two attached hydrogens (primary N) is 1. The number of benzene rings is 1. The van der Waals surface area contributed by atoms with Crippen LogP contribution in [0.1, 0.15) is 36.3 Å². The second kappa shape index (κ2) is 9.32. The summed E-state index contributed by atoms with van der Waals surface area (Å²) in [7, 11) is 0. The quantitative estimate of drug-likeness (QED) is 0.531. The van der Waals surface area contributed by atoms with E-state index >= 15 is 0 Å². The SMILES string of the molecule is Cc1c(Cl)c(CSc2nnc(CCC(N)=O)n2C[C@H]2CCCO2)nc2ccccc12. The zero-order valence-corrected chi connectivity index (χ0v) is 18.4. The molecule has 1 aromatic carbocycles. The van der Waals surface area contributed by atoms with Gasteiger partial charge in [-0.3, -0.25) is 9.78 Å². The summed E-state index contributed by atoms with van der Waals surface area (Å²) in [5.41, 5.74) is 8.10. The van der Waals surface area contributed by atoms with Crippen molar-refractivity contribution in [3.05, 3.63) is 46.4 Å². The predicted molar refractivity (Wildman–Crippen MR) is 118 cm³/mol. The summed E-state index contributed by atoms with van der Waals surface area (Å²) in [6, 6.07) is 7.99. The molecule has 0 aliphatic carbocycles. The van der Waals surface area contributed by atoms with E-state index in [0.29, 0.717) is 23.7 Å². The van der Waals surface area contributed by atoms with Gasteiger partial charge in [0.2, 0.25) is 5.91 Å². The Morgan fingerprint density at radius 2 is 2.20 bits per heavy atom. The van der Waals surface area contributed by atoms with Crippen molar-refractivity contribution in [2.45, 2.75) is 56.2 Å². The highest BCUT2D eigenvalue weighted by Crippen LogP contribution is 2.31. The van der Waals surface area contributed by atoms with Crippen molar-refractivity contribution < 1.29 is 9.53 Å². The molecule has 0 unspecified atom stereocenters. The average Bonchev–Trinajstić information content (AvgIpc) is 3.38. The fraction of sp³-hybridized carbons (Fsp3) is 0.429. The van der Waals surface area contributed by atoms with Gasteiger partial charge in [0.1, 0.15) is 5.82 Å². The molecule has 2 aromatic heterocycles. The van der Waals surface area contributed by atoms with Crippen molar-refractivity contribution in [1.29, 1.82) is 0 Å². The summed E-state index contributed by atoms with van der Waals surface area (Å²) >= 11 is 8.16. The van der Waals surface area contributed by atoms with Crippen LogP contribution in [0.5, 0.6) is 0 Å². The lowest BCUT2D eigenvalue weighted by atomic mass is 10.1. The van der Waals surface area contributed by atoms with E-state index in [9.17, 15) is 4.79 Å². The number of carbonyl (C=O) groups excluding carboxylic acids is 1. The smallest absolute Gasteiger partial charge is 0.217 e. The topological polar surface area (TPSA) is 95.9 Å². The predicted octanol–water partition coefficient (Wildman–Crippen LogP) is 3.68. The first-order valence-corrected chi connectivity index (χ1v) is 11.4. The number of hydrogen-bond donors (Lipinski definition) is 1. The van der Waals surface area contributed by atoms with Gasteiger partial charge in [0.25, 0.3) is 0 Å². The first kappa shape index (κ1) is 21.1. The molecule has 30 heavy (non-hydrogen) atoms. The minimum atomic E-state index is -0.349. The molecule has 7 nitrogen and oxygen atoms in total. The molecule has 1 aliphatic heterocycles. The molecule has 3 heterocycles. The zero-order valence-electron chi connectivity index (χ0n) is 16.8. The Balaban J connectivity index is 1.57. The second-order valence-corrected chi connectivity index (χ2v) is 8.73. The van der Waals surface area contributed by atoms with Crippen LogP contribution in [0.15, 0.2) is 29.4 Å². The first-order chi connectivity index (χ1) is 14.5. The van der Waals surface area contributed by atoms with Crippen molar-refractivity contribution in [2.24, 2.45) is 5.73 Å². The summed E-state index contributed by atoms with van der Waals surface area (Å²) in [5, 5.41) is 11.2. The molecular formula is C21H24ClN5O2S. The highest BCUT2D eigenvalue weighted by atomic mass is 35.5. The van der Waals surface area contributed by atoms with Gasteiger partial charge in [-0.1, -0.05) is 41.6 Å². The summed E-state index contributed by atoms with van der Waals surface area (Å²) in [6.45, 7) is 3.46. The van der Waals surface area contributed by atoms with Gasteiger partial charge in [-0.05, 0) is 31.4 Å². The number of aromatic nitrogens is 4. The van der Waals surface area contributed by atoms with Crippen LogP contribution in [0.4, 0.5) is 0 Å². The third kappa shape index (κ3) is 4.61. The van der Waals surface area contributed by atoms with Crippen molar-refractivity contribution in [3.8, 4) is 0 Å². The maximum atomic E-state index is 11.2. The third-order valence-corrected chi connectivity index (χ3v) is 6.76. The van der Waals surface area contributed by atoms with Gasteiger partial charge in [-0.2, -0.15) is 0 Å². The molecule has 3 aromatic rings. The van der Waals surface area contributed by atoms with E-state index in [1.807, 2.05) is 35.8 Å². The Bertz CT molecular complexity index is 1060. The molecule has 0 radical (unpaired) electrons. The fourth-order valence-corrected chi connectivity index (χ4v) is 4.87. The van der Waals surface area contributed by atoms with Gasteiger partial charge in [0.05, 0.1) is 28.9 Å². The first-order valence-electron chi connectivity index (χ1n) is 10.0. The molecule has 0 saturated carbocycles. The Hall–Kier alpha value is -2.16. The van der Waals surface area contributed by atoms with Gasteiger partial charge in [-0.15, -0.1) is 10.2 Å². The van der Waals surface area contributed by atoms with Crippen LogP contribution in [-0.2, 0) is 28.2 Å². The minimum Gasteiger partial charge on any atom is -0.376 e. The van der Waals surface area contributed by atoms with Crippen LogP contribution in [0.25, 0.3) is 10.9 Å². The standard InChI is InChI=1S/C21H24ClN5O2S/c1-13-15-6-2-3-7-16(15)24-17(20(13)22)12-30-21-26-25-19(9-8-18(23)28)27(21)11-14-5-4-10-29-14/h2-3,6-7,14H,4-5,8-12H2,1H3,(H2,23,28)/t14-/m1/s1. The Kier molecular flexibility index (Phi) is 6.55. The van der Waals surface area contributed by atoms with E-state index < -0.39 is 0 Å². The molecule has 158 valence electrons. The van der Waals surface area contributed by atoms with Crippen LogP contribution in [-0.4, -0.2) is 38.4 Å². The number of carbonyl (C=O) groups is 1. The van der Waals surface area contributed by atoms with E-state index in [0.717, 1.165) is 52.6 Å². The normalized spacial score (nSPS) is 16.4. The van der Waals surface area contributed by atoms with Gasteiger partial charge in [0.15, 0.2) is 5.16 Å². The van der Waals surface area contributed by atoms with E-state index in [-0.39, 0.29) is 18.4 Å². The maximum Gasteiger partial charge on any atom is 0.217 e. The largest absolute Gasteiger partial charge is 0.376 e. The van der Waals surface area contributed by atoms with Crippen LogP contribution in [0.3, 0.4) is 0 Å². The highest BCUT2D eigenvalue weighted by molar-refractivity contribution is 7.98.